The lowest BCUT2D eigenvalue weighted by Crippen LogP contribution is -2.33. The highest BCUT2D eigenvalue weighted by Gasteiger charge is 2.20. The van der Waals surface area contributed by atoms with E-state index in [4.69, 9.17) is 0 Å². The summed E-state index contributed by atoms with van der Waals surface area (Å²) in [5, 5.41) is 4.53. The van der Waals surface area contributed by atoms with Crippen molar-refractivity contribution in [1.82, 2.24) is 10.3 Å². The van der Waals surface area contributed by atoms with Gasteiger partial charge in [-0.2, -0.15) is 0 Å². The van der Waals surface area contributed by atoms with Crippen LogP contribution in [0.3, 0.4) is 0 Å². The fourth-order valence-corrected chi connectivity index (χ4v) is 3.33. The molecule has 4 heteroatoms. The Kier molecular flexibility index (Phi) is 4.80. The average molecular weight is 253 g/mol. The summed E-state index contributed by atoms with van der Waals surface area (Å²) in [5.74, 6) is 0. The second kappa shape index (κ2) is 6.36. The number of hydrogen-bond acceptors (Lipinski definition) is 4. The van der Waals surface area contributed by atoms with Crippen molar-refractivity contribution in [1.29, 1.82) is 0 Å². The van der Waals surface area contributed by atoms with Gasteiger partial charge in [-0.3, -0.25) is 0 Å². The Labute approximate surface area is 108 Å². The molecule has 0 aromatic carbocycles. The monoisotopic (exact) mass is 253 g/mol. The van der Waals surface area contributed by atoms with Gasteiger partial charge in [-0.05, 0) is 19.4 Å². The Morgan fingerprint density at radius 3 is 2.88 bits per heavy atom. The Morgan fingerprint density at radius 1 is 1.41 bits per heavy atom. The van der Waals surface area contributed by atoms with Crippen LogP contribution in [-0.2, 0) is 6.54 Å². The summed E-state index contributed by atoms with van der Waals surface area (Å²) in [4.78, 5) is 8.27. The molecule has 1 aliphatic carbocycles. The van der Waals surface area contributed by atoms with Crippen molar-refractivity contribution >= 4 is 16.5 Å². The van der Waals surface area contributed by atoms with E-state index in [1.165, 1.54) is 42.1 Å². The third kappa shape index (κ3) is 3.42. The SMILES string of the molecule is CCNCc1cnc(N(C)C2CCCCC2)s1. The Hall–Kier alpha value is -0.610. The Morgan fingerprint density at radius 2 is 2.18 bits per heavy atom. The van der Waals surface area contributed by atoms with Gasteiger partial charge in [0.25, 0.3) is 0 Å². The van der Waals surface area contributed by atoms with Crippen LogP contribution in [0.4, 0.5) is 5.13 Å². The molecule has 3 nitrogen and oxygen atoms in total. The summed E-state index contributed by atoms with van der Waals surface area (Å²) in [5.41, 5.74) is 0. The predicted molar refractivity (Wildman–Crippen MR) is 74.8 cm³/mol. The first kappa shape index (κ1) is 12.8. The molecule has 0 saturated heterocycles. The fourth-order valence-electron chi connectivity index (χ4n) is 2.41. The summed E-state index contributed by atoms with van der Waals surface area (Å²) >= 11 is 1.83. The van der Waals surface area contributed by atoms with Crippen LogP contribution in [0.25, 0.3) is 0 Å². The van der Waals surface area contributed by atoms with E-state index < -0.39 is 0 Å². The number of hydrogen-bond donors (Lipinski definition) is 1. The average Bonchev–Trinajstić information content (AvgIpc) is 2.85. The molecule has 1 aromatic rings. The molecular weight excluding hydrogens is 230 g/mol. The molecule has 1 fully saturated rings. The third-order valence-corrected chi connectivity index (χ3v) is 4.60. The lowest BCUT2D eigenvalue weighted by atomic mass is 9.95. The van der Waals surface area contributed by atoms with Crippen LogP contribution in [-0.4, -0.2) is 24.6 Å². The summed E-state index contributed by atoms with van der Waals surface area (Å²) in [7, 11) is 2.20. The van der Waals surface area contributed by atoms with Crippen molar-refractivity contribution < 1.29 is 0 Å². The molecule has 0 amide bonds. The standard InChI is InChI=1S/C13H23N3S/c1-3-14-9-12-10-15-13(17-12)16(2)11-7-5-4-6-8-11/h10-11,14H,3-9H2,1-2H3. The number of nitrogens with zero attached hydrogens (tertiary/aromatic N) is 2. The summed E-state index contributed by atoms with van der Waals surface area (Å²) < 4.78 is 0. The summed E-state index contributed by atoms with van der Waals surface area (Å²) in [6.45, 7) is 4.11. The molecule has 1 saturated carbocycles. The highest BCUT2D eigenvalue weighted by Crippen LogP contribution is 2.28. The van der Waals surface area contributed by atoms with Gasteiger partial charge < -0.3 is 10.2 Å². The van der Waals surface area contributed by atoms with Crippen molar-refractivity contribution in [2.75, 3.05) is 18.5 Å². The van der Waals surface area contributed by atoms with Gasteiger partial charge in [0.15, 0.2) is 5.13 Å². The zero-order valence-electron chi connectivity index (χ0n) is 10.9. The maximum absolute atomic E-state index is 4.55. The maximum Gasteiger partial charge on any atom is 0.185 e. The summed E-state index contributed by atoms with van der Waals surface area (Å²) in [6, 6.07) is 0.710. The van der Waals surface area contributed by atoms with Gasteiger partial charge >= 0.3 is 0 Å². The van der Waals surface area contributed by atoms with Gasteiger partial charge in [0.2, 0.25) is 0 Å². The van der Waals surface area contributed by atoms with Gasteiger partial charge in [0, 0.05) is 30.7 Å². The van der Waals surface area contributed by atoms with E-state index in [0.29, 0.717) is 6.04 Å². The minimum absolute atomic E-state index is 0.710. The van der Waals surface area contributed by atoms with Crippen LogP contribution in [0, 0.1) is 0 Å². The van der Waals surface area contributed by atoms with Crippen molar-refractivity contribution in [3.05, 3.63) is 11.1 Å². The lowest BCUT2D eigenvalue weighted by molar-refractivity contribution is 0.427. The minimum Gasteiger partial charge on any atom is -0.348 e. The van der Waals surface area contributed by atoms with Gasteiger partial charge in [-0.1, -0.05) is 26.2 Å². The summed E-state index contributed by atoms with van der Waals surface area (Å²) in [6.07, 6.45) is 8.85. The van der Waals surface area contributed by atoms with Crippen LogP contribution < -0.4 is 10.2 Å². The van der Waals surface area contributed by atoms with Gasteiger partial charge in [-0.25, -0.2) is 4.98 Å². The predicted octanol–water partition coefficient (Wildman–Crippen LogP) is 3.02. The van der Waals surface area contributed by atoms with Crippen molar-refractivity contribution in [2.24, 2.45) is 0 Å². The van der Waals surface area contributed by atoms with Crippen LogP contribution in [0.1, 0.15) is 43.9 Å². The third-order valence-electron chi connectivity index (χ3n) is 3.51. The Bertz CT molecular complexity index is 331. The van der Waals surface area contributed by atoms with Crippen LogP contribution >= 0.6 is 11.3 Å². The zero-order valence-corrected chi connectivity index (χ0v) is 11.7. The van der Waals surface area contributed by atoms with Crippen molar-refractivity contribution in [2.45, 2.75) is 51.6 Å². The number of thiazole rings is 1. The fraction of sp³-hybridized carbons (Fsp3) is 0.769. The maximum atomic E-state index is 4.55. The number of nitrogens with one attached hydrogen (secondary N) is 1. The smallest absolute Gasteiger partial charge is 0.185 e. The molecule has 0 aliphatic heterocycles. The topological polar surface area (TPSA) is 28.2 Å². The molecular formula is C13H23N3S. The van der Waals surface area contributed by atoms with E-state index in [9.17, 15) is 0 Å². The molecule has 17 heavy (non-hydrogen) atoms. The van der Waals surface area contributed by atoms with E-state index in [-0.39, 0.29) is 0 Å². The minimum atomic E-state index is 0.710. The molecule has 0 radical (unpaired) electrons. The van der Waals surface area contributed by atoms with E-state index in [1.807, 2.05) is 17.5 Å². The van der Waals surface area contributed by atoms with E-state index >= 15 is 0 Å². The molecule has 0 unspecified atom stereocenters. The van der Waals surface area contributed by atoms with E-state index in [1.54, 1.807) is 0 Å². The normalized spacial score (nSPS) is 17.3. The first-order valence-electron chi connectivity index (χ1n) is 6.69. The number of rotatable bonds is 5. The van der Waals surface area contributed by atoms with Gasteiger partial charge in [-0.15, -0.1) is 11.3 Å². The first-order valence-corrected chi connectivity index (χ1v) is 7.51. The van der Waals surface area contributed by atoms with Crippen molar-refractivity contribution in [3.8, 4) is 0 Å². The quantitative estimate of drug-likeness (QED) is 0.874. The molecule has 1 aromatic heterocycles. The van der Waals surface area contributed by atoms with Crippen molar-refractivity contribution in [3.63, 3.8) is 0 Å². The number of aromatic nitrogens is 1. The second-order valence-electron chi connectivity index (χ2n) is 4.79. The first-order chi connectivity index (χ1) is 8.31. The number of anilines is 1. The van der Waals surface area contributed by atoms with Crippen LogP contribution in [0.2, 0.25) is 0 Å². The molecule has 0 bridgehead atoms. The lowest BCUT2D eigenvalue weighted by Gasteiger charge is -2.30. The van der Waals surface area contributed by atoms with E-state index in [2.05, 4.69) is 29.2 Å². The molecule has 1 N–H and O–H groups in total. The highest BCUT2D eigenvalue weighted by atomic mass is 32.1. The van der Waals surface area contributed by atoms with Gasteiger partial charge in [0.05, 0.1) is 0 Å². The molecule has 96 valence electrons. The zero-order chi connectivity index (χ0) is 12.1. The molecule has 1 aliphatic rings. The molecule has 0 atom stereocenters. The molecule has 0 spiro atoms. The molecule has 2 rings (SSSR count). The van der Waals surface area contributed by atoms with E-state index in [0.717, 1.165) is 13.1 Å². The largest absolute Gasteiger partial charge is 0.348 e. The van der Waals surface area contributed by atoms with Crippen LogP contribution in [0.5, 0.6) is 0 Å². The van der Waals surface area contributed by atoms with Gasteiger partial charge in [0.1, 0.15) is 0 Å². The molecule has 1 heterocycles. The Balaban J connectivity index is 1.93. The second-order valence-corrected chi connectivity index (χ2v) is 5.89. The highest BCUT2D eigenvalue weighted by molar-refractivity contribution is 7.15. The van der Waals surface area contributed by atoms with Crippen LogP contribution in [0.15, 0.2) is 6.20 Å².